The Morgan fingerprint density at radius 2 is 1.57 bits per heavy atom. The van der Waals surface area contributed by atoms with E-state index in [1.807, 2.05) is 24.3 Å². The van der Waals surface area contributed by atoms with E-state index in [4.69, 9.17) is 0 Å². The van der Waals surface area contributed by atoms with Crippen LogP contribution in [0.3, 0.4) is 0 Å². The van der Waals surface area contributed by atoms with Gasteiger partial charge in [0.2, 0.25) is 0 Å². The maximum absolute atomic E-state index is 12.6. The average molecular weight is 396 g/mol. The van der Waals surface area contributed by atoms with Gasteiger partial charge in [-0.2, -0.15) is 0 Å². The van der Waals surface area contributed by atoms with Gasteiger partial charge in [-0.25, -0.2) is 13.4 Å². The first-order chi connectivity index (χ1) is 13.2. The maximum atomic E-state index is 12.6. The minimum atomic E-state index is -3.65. The molecule has 0 radical (unpaired) electrons. The molecule has 0 aliphatic rings. The average Bonchev–Trinajstić information content (AvgIpc) is 2.63. The number of aromatic nitrogens is 1. The number of sulfonamides is 1. The molecule has 3 rings (SSSR count). The summed E-state index contributed by atoms with van der Waals surface area (Å²) in [7, 11) is -3.65. The lowest BCUT2D eigenvalue weighted by atomic mass is 9.86. The van der Waals surface area contributed by atoms with Crippen LogP contribution in [0.5, 0.6) is 0 Å². The van der Waals surface area contributed by atoms with Crippen LogP contribution in [0.25, 0.3) is 0 Å². The molecular weight excluding hydrogens is 370 g/mol. The molecule has 0 saturated heterocycles. The van der Waals surface area contributed by atoms with Gasteiger partial charge in [0.05, 0.1) is 16.8 Å². The van der Waals surface area contributed by atoms with Gasteiger partial charge in [-0.1, -0.05) is 57.2 Å². The Morgan fingerprint density at radius 1 is 0.893 bits per heavy atom. The van der Waals surface area contributed by atoms with Crippen molar-refractivity contribution in [2.24, 2.45) is 0 Å². The second-order valence-corrected chi connectivity index (χ2v) is 9.37. The number of aryl methyl sites for hydroxylation is 1. The van der Waals surface area contributed by atoms with Gasteiger partial charge in [0, 0.05) is 5.69 Å². The molecule has 3 aromatic rings. The summed E-state index contributed by atoms with van der Waals surface area (Å²) in [5.41, 5.74) is 3.27. The highest BCUT2D eigenvalue weighted by molar-refractivity contribution is 7.92. The second kappa shape index (κ2) is 7.64. The summed E-state index contributed by atoms with van der Waals surface area (Å²) < 4.78 is 27.8. The van der Waals surface area contributed by atoms with E-state index in [1.54, 1.807) is 37.3 Å². The van der Waals surface area contributed by atoms with Crippen LogP contribution >= 0.6 is 0 Å². The molecule has 0 saturated carbocycles. The molecule has 6 heteroatoms. The number of hydrogen-bond donors (Lipinski definition) is 2. The number of hydrogen-bond acceptors (Lipinski definition) is 4. The summed E-state index contributed by atoms with van der Waals surface area (Å²) in [5.74, 6) is 0.649. The Bertz CT molecular complexity index is 1070. The molecule has 0 bridgehead atoms. The number of anilines is 3. The van der Waals surface area contributed by atoms with E-state index in [0.29, 0.717) is 17.1 Å². The van der Waals surface area contributed by atoms with Gasteiger partial charge in [-0.3, -0.25) is 4.72 Å². The molecule has 0 fully saturated rings. The van der Waals surface area contributed by atoms with Crippen molar-refractivity contribution in [1.29, 1.82) is 0 Å². The van der Waals surface area contributed by atoms with Crippen molar-refractivity contribution >= 4 is 27.2 Å². The fourth-order valence-corrected chi connectivity index (χ4v) is 4.27. The van der Waals surface area contributed by atoms with E-state index in [9.17, 15) is 8.42 Å². The third-order valence-corrected chi connectivity index (χ3v) is 5.94. The quantitative estimate of drug-likeness (QED) is 0.620. The van der Waals surface area contributed by atoms with Crippen molar-refractivity contribution in [3.8, 4) is 0 Å². The topological polar surface area (TPSA) is 71.1 Å². The van der Waals surface area contributed by atoms with Crippen LogP contribution in [0, 0.1) is 6.92 Å². The molecule has 0 atom stereocenters. The van der Waals surface area contributed by atoms with Crippen molar-refractivity contribution in [3.05, 3.63) is 78.0 Å². The standard InChI is InChI=1S/C22H25N3O2S/c1-16-9-5-8-12-20(16)28(26,27)25-17-13-14-21(23-15-17)24-19-11-7-6-10-18(19)22(2,3)4/h5-15,25H,1-4H3,(H,23,24). The van der Waals surface area contributed by atoms with Gasteiger partial charge in [0.25, 0.3) is 10.0 Å². The lowest BCUT2D eigenvalue weighted by Gasteiger charge is -2.23. The number of nitrogens with zero attached hydrogens (tertiary/aromatic N) is 1. The Labute approximate surface area is 166 Å². The number of nitrogens with one attached hydrogen (secondary N) is 2. The SMILES string of the molecule is Cc1ccccc1S(=O)(=O)Nc1ccc(Nc2ccccc2C(C)(C)C)nc1. The number of para-hydroxylation sites is 1. The third kappa shape index (κ3) is 4.51. The zero-order valence-corrected chi connectivity index (χ0v) is 17.3. The summed E-state index contributed by atoms with van der Waals surface area (Å²) in [4.78, 5) is 4.62. The van der Waals surface area contributed by atoms with Crippen molar-refractivity contribution in [2.45, 2.75) is 38.0 Å². The molecule has 0 aliphatic heterocycles. The second-order valence-electron chi connectivity index (χ2n) is 7.72. The van der Waals surface area contributed by atoms with Crippen molar-refractivity contribution in [1.82, 2.24) is 4.98 Å². The van der Waals surface area contributed by atoms with Gasteiger partial charge in [-0.15, -0.1) is 0 Å². The van der Waals surface area contributed by atoms with Crippen molar-refractivity contribution in [3.63, 3.8) is 0 Å². The molecule has 2 aromatic carbocycles. The van der Waals surface area contributed by atoms with Crippen LogP contribution in [0.2, 0.25) is 0 Å². The summed E-state index contributed by atoms with van der Waals surface area (Å²) in [6.07, 6.45) is 1.51. The van der Waals surface area contributed by atoms with Crippen LogP contribution in [-0.4, -0.2) is 13.4 Å². The number of benzene rings is 2. The Morgan fingerprint density at radius 3 is 2.21 bits per heavy atom. The zero-order valence-electron chi connectivity index (χ0n) is 16.5. The van der Waals surface area contributed by atoms with E-state index >= 15 is 0 Å². The van der Waals surface area contributed by atoms with Gasteiger partial charge in [0.1, 0.15) is 5.82 Å². The highest BCUT2D eigenvalue weighted by atomic mass is 32.2. The predicted octanol–water partition coefficient (Wildman–Crippen LogP) is 5.23. The minimum Gasteiger partial charge on any atom is -0.340 e. The van der Waals surface area contributed by atoms with Crippen LogP contribution < -0.4 is 10.0 Å². The van der Waals surface area contributed by atoms with Gasteiger partial charge in [0.15, 0.2) is 0 Å². The van der Waals surface area contributed by atoms with Crippen molar-refractivity contribution < 1.29 is 8.42 Å². The van der Waals surface area contributed by atoms with E-state index in [0.717, 1.165) is 5.69 Å². The number of pyridine rings is 1. The third-order valence-electron chi connectivity index (χ3n) is 4.40. The normalized spacial score (nSPS) is 11.9. The molecular formula is C22H25N3O2S. The van der Waals surface area contributed by atoms with Gasteiger partial charge in [-0.05, 0) is 47.7 Å². The zero-order chi connectivity index (χ0) is 20.4. The molecule has 0 unspecified atom stereocenters. The molecule has 1 aromatic heterocycles. The summed E-state index contributed by atoms with van der Waals surface area (Å²) in [5, 5.41) is 3.32. The van der Waals surface area contributed by atoms with E-state index in [2.05, 4.69) is 41.9 Å². The van der Waals surface area contributed by atoms with Gasteiger partial charge >= 0.3 is 0 Å². The smallest absolute Gasteiger partial charge is 0.262 e. The first kappa shape index (κ1) is 19.9. The van der Waals surface area contributed by atoms with Crippen LogP contribution in [0.4, 0.5) is 17.2 Å². The lowest BCUT2D eigenvalue weighted by Crippen LogP contribution is -2.15. The highest BCUT2D eigenvalue weighted by Gasteiger charge is 2.18. The fraction of sp³-hybridized carbons (Fsp3) is 0.227. The largest absolute Gasteiger partial charge is 0.340 e. The first-order valence-corrected chi connectivity index (χ1v) is 10.6. The monoisotopic (exact) mass is 395 g/mol. The molecule has 5 nitrogen and oxygen atoms in total. The lowest BCUT2D eigenvalue weighted by molar-refractivity contribution is 0.592. The molecule has 0 amide bonds. The summed E-state index contributed by atoms with van der Waals surface area (Å²) in [6.45, 7) is 8.24. The maximum Gasteiger partial charge on any atom is 0.262 e. The van der Waals surface area contributed by atoms with Gasteiger partial charge < -0.3 is 5.32 Å². The summed E-state index contributed by atoms with van der Waals surface area (Å²) >= 11 is 0. The van der Waals surface area contributed by atoms with E-state index in [1.165, 1.54) is 11.8 Å². The van der Waals surface area contributed by atoms with E-state index < -0.39 is 10.0 Å². The molecule has 1 heterocycles. The van der Waals surface area contributed by atoms with Crippen LogP contribution in [0.15, 0.2) is 71.8 Å². The molecule has 0 spiro atoms. The molecule has 2 N–H and O–H groups in total. The minimum absolute atomic E-state index is 0.00723. The Hall–Kier alpha value is -2.86. The molecule has 0 aliphatic carbocycles. The van der Waals surface area contributed by atoms with Crippen LogP contribution in [0.1, 0.15) is 31.9 Å². The van der Waals surface area contributed by atoms with E-state index in [-0.39, 0.29) is 10.3 Å². The fourth-order valence-electron chi connectivity index (χ4n) is 2.98. The molecule has 146 valence electrons. The Balaban J connectivity index is 1.79. The number of rotatable bonds is 5. The Kier molecular flexibility index (Phi) is 5.42. The predicted molar refractivity (Wildman–Crippen MR) is 115 cm³/mol. The first-order valence-electron chi connectivity index (χ1n) is 9.08. The highest BCUT2D eigenvalue weighted by Crippen LogP contribution is 2.31. The van der Waals surface area contributed by atoms with Crippen molar-refractivity contribution in [2.75, 3.05) is 10.0 Å². The summed E-state index contributed by atoms with van der Waals surface area (Å²) in [6, 6.07) is 18.4. The molecule has 28 heavy (non-hydrogen) atoms. The van der Waals surface area contributed by atoms with Crippen LogP contribution in [-0.2, 0) is 15.4 Å².